The predicted octanol–water partition coefficient (Wildman–Crippen LogP) is 2.53. The summed E-state index contributed by atoms with van der Waals surface area (Å²) in [5, 5.41) is 0.0947. The molecule has 0 saturated heterocycles. The minimum Gasteiger partial charge on any atom is -0.396 e. The lowest BCUT2D eigenvalue weighted by atomic mass is 10.2. The molecule has 106 valence electrons. The molecule has 3 N–H and O–H groups in total. The molecule has 1 fully saturated rings. The fourth-order valence-electron chi connectivity index (χ4n) is 1.86. The average molecular weight is 307 g/mol. The summed E-state index contributed by atoms with van der Waals surface area (Å²) in [5.41, 5.74) is 5.10. The van der Waals surface area contributed by atoms with Gasteiger partial charge in [-0.1, -0.05) is 24.4 Å². The number of halogens is 2. The lowest BCUT2D eigenvalue weighted by Crippen LogP contribution is -2.26. The molecule has 0 spiro atoms. The van der Waals surface area contributed by atoms with E-state index in [0.29, 0.717) is 6.54 Å². The Hall–Kier alpha value is -0.850. The van der Waals surface area contributed by atoms with E-state index >= 15 is 0 Å². The van der Waals surface area contributed by atoms with E-state index in [2.05, 4.69) is 4.72 Å². The molecule has 0 unspecified atom stereocenters. The lowest BCUT2D eigenvalue weighted by Gasteiger charge is -2.09. The summed E-state index contributed by atoms with van der Waals surface area (Å²) in [4.78, 5) is -0.496. The van der Waals surface area contributed by atoms with Gasteiger partial charge >= 0.3 is 0 Å². The van der Waals surface area contributed by atoms with Gasteiger partial charge in [-0.15, -0.1) is 0 Å². The van der Waals surface area contributed by atoms with Crippen LogP contribution in [0.3, 0.4) is 0 Å². The summed E-state index contributed by atoms with van der Waals surface area (Å²) < 4.78 is 40.0. The molecule has 1 aromatic rings. The van der Waals surface area contributed by atoms with E-state index in [9.17, 15) is 12.8 Å². The Morgan fingerprint density at radius 2 is 2.11 bits per heavy atom. The van der Waals surface area contributed by atoms with E-state index in [1.165, 1.54) is 18.9 Å². The van der Waals surface area contributed by atoms with Crippen LogP contribution in [0, 0.1) is 11.7 Å². The third-order valence-electron chi connectivity index (χ3n) is 3.10. The first kappa shape index (κ1) is 14.6. The number of hydrogen-bond acceptors (Lipinski definition) is 3. The van der Waals surface area contributed by atoms with Gasteiger partial charge in [0.2, 0.25) is 10.0 Å². The molecule has 1 saturated carbocycles. The number of hydrogen-bond donors (Lipinski definition) is 2. The van der Waals surface area contributed by atoms with Crippen LogP contribution in [0.4, 0.5) is 10.1 Å². The Balaban J connectivity index is 2.05. The molecule has 2 rings (SSSR count). The highest BCUT2D eigenvalue weighted by Gasteiger charge is 2.23. The van der Waals surface area contributed by atoms with Gasteiger partial charge in [0.05, 0.1) is 5.69 Å². The summed E-state index contributed by atoms with van der Waals surface area (Å²) >= 11 is 5.70. The quantitative estimate of drug-likeness (QED) is 0.626. The van der Waals surface area contributed by atoms with Gasteiger partial charge in [0.1, 0.15) is 4.90 Å². The van der Waals surface area contributed by atoms with Gasteiger partial charge in [0.15, 0.2) is 5.82 Å². The summed E-state index contributed by atoms with van der Waals surface area (Å²) in [6, 6.07) is 2.25. The molecular formula is C12H16ClFN2O2S. The van der Waals surface area contributed by atoms with E-state index in [1.807, 2.05) is 0 Å². The molecule has 1 aromatic carbocycles. The SMILES string of the molecule is Nc1cc(Cl)cc(S(=O)(=O)NCCCC2CC2)c1F. The number of nitrogens with one attached hydrogen (secondary N) is 1. The summed E-state index contributed by atoms with van der Waals surface area (Å²) in [5.74, 6) is -0.220. The van der Waals surface area contributed by atoms with Crippen LogP contribution < -0.4 is 10.5 Å². The topological polar surface area (TPSA) is 72.2 Å². The smallest absolute Gasteiger partial charge is 0.243 e. The van der Waals surface area contributed by atoms with Crippen molar-refractivity contribution in [1.82, 2.24) is 4.72 Å². The van der Waals surface area contributed by atoms with Crippen LogP contribution in [0.25, 0.3) is 0 Å². The Kier molecular flexibility index (Phi) is 4.32. The van der Waals surface area contributed by atoms with Crippen molar-refractivity contribution in [2.45, 2.75) is 30.6 Å². The van der Waals surface area contributed by atoms with Crippen LogP contribution in [0.1, 0.15) is 25.7 Å². The van der Waals surface area contributed by atoms with E-state index in [4.69, 9.17) is 17.3 Å². The number of sulfonamides is 1. The van der Waals surface area contributed by atoms with Gasteiger partial charge in [-0.3, -0.25) is 0 Å². The third-order valence-corrected chi connectivity index (χ3v) is 4.78. The maximum absolute atomic E-state index is 13.7. The van der Waals surface area contributed by atoms with Crippen LogP contribution in [0.5, 0.6) is 0 Å². The minimum atomic E-state index is -3.90. The van der Waals surface area contributed by atoms with Crippen molar-refractivity contribution in [3.63, 3.8) is 0 Å². The molecule has 0 bridgehead atoms. The molecule has 0 aliphatic heterocycles. The Bertz CT molecular complexity index is 573. The minimum absolute atomic E-state index is 0.0947. The van der Waals surface area contributed by atoms with Crippen LogP contribution in [-0.4, -0.2) is 15.0 Å². The number of nitrogens with two attached hydrogens (primary N) is 1. The van der Waals surface area contributed by atoms with E-state index in [0.717, 1.165) is 24.8 Å². The molecule has 4 nitrogen and oxygen atoms in total. The normalized spacial score (nSPS) is 15.7. The van der Waals surface area contributed by atoms with Gasteiger partial charge in [-0.25, -0.2) is 17.5 Å². The van der Waals surface area contributed by atoms with Gasteiger partial charge in [0.25, 0.3) is 0 Å². The van der Waals surface area contributed by atoms with Crippen molar-refractivity contribution in [1.29, 1.82) is 0 Å². The molecule has 7 heteroatoms. The molecule has 0 atom stereocenters. The van der Waals surface area contributed by atoms with E-state index < -0.39 is 20.7 Å². The van der Waals surface area contributed by atoms with Crippen LogP contribution in [0.15, 0.2) is 17.0 Å². The monoisotopic (exact) mass is 306 g/mol. The molecule has 1 aliphatic carbocycles. The standard InChI is InChI=1S/C12H16ClFN2O2S/c13-9-6-10(15)12(14)11(7-9)19(17,18)16-5-1-2-8-3-4-8/h6-8,16H,1-5,15H2. The van der Waals surface area contributed by atoms with Crippen molar-refractivity contribution in [3.05, 3.63) is 23.0 Å². The van der Waals surface area contributed by atoms with E-state index in [1.54, 1.807) is 0 Å². The maximum atomic E-state index is 13.7. The largest absolute Gasteiger partial charge is 0.396 e. The Morgan fingerprint density at radius 3 is 2.74 bits per heavy atom. The molecule has 1 aliphatic rings. The first-order chi connectivity index (χ1) is 8.90. The Labute approximate surface area is 117 Å². The zero-order valence-corrected chi connectivity index (χ0v) is 11.9. The number of rotatable bonds is 6. The summed E-state index contributed by atoms with van der Waals surface area (Å²) in [7, 11) is -3.90. The number of benzene rings is 1. The molecule has 0 heterocycles. The highest BCUT2D eigenvalue weighted by atomic mass is 35.5. The number of anilines is 1. The Morgan fingerprint density at radius 1 is 1.42 bits per heavy atom. The van der Waals surface area contributed by atoms with Crippen molar-refractivity contribution >= 4 is 27.3 Å². The van der Waals surface area contributed by atoms with Gasteiger partial charge in [-0.2, -0.15) is 0 Å². The molecular weight excluding hydrogens is 291 g/mol. The van der Waals surface area contributed by atoms with Crippen molar-refractivity contribution in [3.8, 4) is 0 Å². The fourth-order valence-corrected chi connectivity index (χ4v) is 3.36. The van der Waals surface area contributed by atoms with Crippen molar-refractivity contribution < 1.29 is 12.8 Å². The molecule has 0 radical (unpaired) electrons. The molecule has 0 aromatic heterocycles. The van der Waals surface area contributed by atoms with Gasteiger partial charge < -0.3 is 5.73 Å². The van der Waals surface area contributed by atoms with Crippen molar-refractivity contribution in [2.75, 3.05) is 12.3 Å². The molecule has 19 heavy (non-hydrogen) atoms. The summed E-state index contributed by atoms with van der Waals surface area (Å²) in [6.45, 7) is 0.296. The highest BCUT2D eigenvalue weighted by Crippen LogP contribution is 2.33. The first-order valence-corrected chi connectivity index (χ1v) is 8.00. The maximum Gasteiger partial charge on any atom is 0.243 e. The average Bonchev–Trinajstić information content (AvgIpc) is 3.13. The second-order valence-corrected chi connectivity index (χ2v) is 6.96. The van der Waals surface area contributed by atoms with Crippen LogP contribution >= 0.6 is 11.6 Å². The zero-order chi connectivity index (χ0) is 14.0. The van der Waals surface area contributed by atoms with Crippen LogP contribution in [-0.2, 0) is 10.0 Å². The van der Waals surface area contributed by atoms with Gasteiger partial charge in [-0.05, 0) is 30.9 Å². The van der Waals surface area contributed by atoms with Crippen molar-refractivity contribution in [2.24, 2.45) is 5.92 Å². The second kappa shape index (κ2) is 5.64. The lowest BCUT2D eigenvalue weighted by molar-refractivity contribution is 0.553. The third kappa shape index (κ3) is 3.81. The first-order valence-electron chi connectivity index (χ1n) is 6.14. The van der Waals surface area contributed by atoms with Crippen LogP contribution in [0.2, 0.25) is 5.02 Å². The zero-order valence-electron chi connectivity index (χ0n) is 10.3. The highest BCUT2D eigenvalue weighted by molar-refractivity contribution is 7.89. The van der Waals surface area contributed by atoms with E-state index in [-0.39, 0.29) is 10.7 Å². The van der Waals surface area contributed by atoms with Gasteiger partial charge in [0, 0.05) is 11.6 Å². The summed E-state index contributed by atoms with van der Waals surface area (Å²) in [6.07, 6.45) is 4.21. The fraction of sp³-hybridized carbons (Fsp3) is 0.500. The predicted molar refractivity (Wildman–Crippen MR) is 73.0 cm³/mol. The second-order valence-electron chi connectivity index (χ2n) is 4.79. The number of nitrogen functional groups attached to an aromatic ring is 1. The molecule has 0 amide bonds.